The normalized spacial score (nSPS) is 11.1. The molecule has 1 unspecified atom stereocenters. The molecule has 0 heterocycles. The van der Waals surface area contributed by atoms with Gasteiger partial charge in [0, 0.05) is 29.3 Å². The van der Waals surface area contributed by atoms with Gasteiger partial charge >= 0.3 is 0 Å². The summed E-state index contributed by atoms with van der Waals surface area (Å²) >= 11 is -2.36. The summed E-state index contributed by atoms with van der Waals surface area (Å²) in [6, 6.07) is 20.6. The van der Waals surface area contributed by atoms with Crippen molar-refractivity contribution in [3.63, 3.8) is 0 Å². The van der Waals surface area contributed by atoms with Crippen LogP contribution in [0.25, 0.3) is 0 Å². The van der Waals surface area contributed by atoms with Crippen molar-refractivity contribution < 1.29 is 23.2 Å². The molecule has 0 aliphatic rings. The van der Waals surface area contributed by atoms with E-state index in [1.807, 2.05) is 54.6 Å². The largest absolute Gasteiger partial charge is 0.760 e. The van der Waals surface area contributed by atoms with Gasteiger partial charge in [0.15, 0.2) is 0 Å². The lowest BCUT2D eigenvalue weighted by atomic mass is 9.93. The van der Waals surface area contributed by atoms with E-state index in [2.05, 4.69) is 5.14 Å². The van der Waals surface area contributed by atoms with Gasteiger partial charge in [-0.15, -0.1) is 0 Å². The molecule has 1 atom stereocenters. The van der Waals surface area contributed by atoms with Gasteiger partial charge in [-0.3, -0.25) is 19.5 Å². The standard InChI is InChI=1S/C22H21NO4.H3NO2S/c1-26-19-10-6-16(7-11-19)14-18-4-3-5-22(23(24)25)21(18)15-17-8-12-20(27-2)13-9-17;1-4(2)3/h3-13H,14-15H2,1-2H3;1H2,(H,2,3)/p-1. The van der Waals surface area contributed by atoms with Crippen LogP contribution < -0.4 is 14.6 Å². The SMILES string of the molecule is COc1ccc(Cc2cccc([N+](=O)[O-])c2Cc2ccc(OC)cc2)cc1.NS(=O)[O-]. The van der Waals surface area contributed by atoms with E-state index in [4.69, 9.17) is 18.2 Å². The third-order valence-corrected chi connectivity index (χ3v) is 4.54. The van der Waals surface area contributed by atoms with Crippen LogP contribution >= 0.6 is 0 Å². The molecule has 3 rings (SSSR count). The van der Waals surface area contributed by atoms with Crippen molar-refractivity contribution in [1.29, 1.82) is 0 Å². The van der Waals surface area contributed by atoms with E-state index in [1.54, 1.807) is 26.4 Å². The summed E-state index contributed by atoms with van der Waals surface area (Å²) in [6.45, 7) is 0. The van der Waals surface area contributed by atoms with Gasteiger partial charge in [-0.05, 0) is 47.4 Å². The maximum absolute atomic E-state index is 11.6. The smallest absolute Gasteiger partial charge is 0.273 e. The molecule has 164 valence electrons. The Balaban J connectivity index is 0.000000785. The number of hydrogen-bond donors (Lipinski definition) is 1. The van der Waals surface area contributed by atoms with Crippen LogP contribution in [0.5, 0.6) is 11.5 Å². The number of nitrogens with two attached hydrogens (primary N) is 1. The van der Waals surface area contributed by atoms with E-state index in [1.165, 1.54) is 0 Å². The van der Waals surface area contributed by atoms with Crippen molar-refractivity contribution in [3.05, 3.63) is 99.1 Å². The van der Waals surface area contributed by atoms with E-state index in [0.29, 0.717) is 12.8 Å². The van der Waals surface area contributed by atoms with E-state index in [0.717, 1.165) is 33.8 Å². The Morgan fingerprint density at radius 1 is 0.871 bits per heavy atom. The highest BCUT2D eigenvalue weighted by Gasteiger charge is 2.18. The zero-order valence-electron chi connectivity index (χ0n) is 17.1. The third-order valence-electron chi connectivity index (χ3n) is 4.54. The number of hydrogen-bond acceptors (Lipinski definition) is 6. The average molecular weight is 444 g/mol. The lowest BCUT2D eigenvalue weighted by molar-refractivity contribution is -0.385. The molecule has 31 heavy (non-hydrogen) atoms. The lowest BCUT2D eigenvalue weighted by Gasteiger charge is -2.11. The Bertz CT molecular complexity index is 1020. The first-order valence-electron chi connectivity index (χ1n) is 9.18. The van der Waals surface area contributed by atoms with Crippen molar-refractivity contribution in [2.75, 3.05) is 14.2 Å². The fraction of sp³-hybridized carbons (Fsp3) is 0.182. The first-order chi connectivity index (χ1) is 14.8. The Morgan fingerprint density at radius 2 is 1.32 bits per heavy atom. The highest BCUT2D eigenvalue weighted by atomic mass is 32.2. The zero-order valence-corrected chi connectivity index (χ0v) is 18.0. The highest BCUT2D eigenvalue weighted by molar-refractivity contribution is 7.76. The molecule has 0 aliphatic heterocycles. The molecule has 0 bridgehead atoms. The predicted octanol–water partition coefficient (Wildman–Crippen LogP) is 3.53. The quantitative estimate of drug-likeness (QED) is 0.338. The van der Waals surface area contributed by atoms with E-state index < -0.39 is 11.3 Å². The molecule has 0 spiro atoms. The number of nitro benzene ring substituents is 1. The molecular weight excluding hydrogens is 420 g/mol. The van der Waals surface area contributed by atoms with E-state index in [9.17, 15) is 10.1 Å². The number of nitro groups is 1. The molecule has 0 fully saturated rings. The molecule has 2 N–H and O–H groups in total. The van der Waals surface area contributed by atoms with E-state index >= 15 is 0 Å². The summed E-state index contributed by atoms with van der Waals surface area (Å²) in [5.74, 6) is 1.55. The third kappa shape index (κ3) is 7.49. The van der Waals surface area contributed by atoms with Gasteiger partial charge in [0.1, 0.15) is 11.5 Å². The number of benzene rings is 3. The number of nitrogens with zero attached hydrogens (tertiary/aromatic N) is 1. The Hall–Kier alpha value is -3.27. The van der Waals surface area contributed by atoms with Crippen molar-refractivity contribution in [1.82, 2.24) is 0 Å². The van der Waals surface area contributed by atoms with Gasteiger partial charge < -0.3 is 14.0 Å². The van der Waals surface area contributed by atoms with Crippen molar-refractivity contribution in [3.8, 4) is 11.5 Å². The molecule has 0 saturated carbocycles. The Morgan fingerprint density at radius 3 is 1.74 bits per heavy atom. The summed E-state index contributed by atoms with van der Waals surface area (Å²) in [4.78, 5) is 11.3. The van der Waals surface area contributed by atoms with Crippen LogP contribution in [0.2, 0.25) is 0 Å². The van der Waals surface area contributed by atoms with Crippen LogP contribution in [0.15, 0.2) is 66.7 Å². The fourth-order valence-corrected chi connectivity index (χ4v) is 3.07. The lowest BCUT2D eigenvalue weighted by Crippen LogP contribution is -2.03. The second-order valence-electron chi connectivity index (χ2n) is 6.48. The number of rotatable bonds is 7. The van der Waals surface area contributed by atoms with Gasteiger partial charge in [-0.2, -0.15) is 0 Å². The molecule has 3 aromatic rings. The Kier molecular flexibility index (Phi) is 9.13. The van der Waals surface area contributed by atoms with Gasteiger partial charge in [0.05, 0.1) is 19.1 Å². The number of ether oxygens (including phenoxy) is 2. The molecular formula is C22H23N2O6S-. The van der Waals surface area contributed by atoms with Gasteiger partial charge in [-0.25, -0.2) is 0 Å². The maximum atomic E-state index is 11.6. The van der Waals surface area contributed by atoms with Crippen molar-refractivity contribution in [2.45, 2.75) is 12.8 Å². The van der Waals surface area contributed by atoms with Crippen LogP contribution in [-0.2, 0) is 24.1 Å². The summed E-state index contributed by atoms with van der Waals surface area (Å²) in [6.07, 6.45) is 1.11. The van der Waals surface area contributed by atoms with Crippen molar-refractivity contribution in [2.24, 2.45) is 5.14 Å². The van der Waals surface area contributed by atoms with Gasteiger partial charge in [0.2, 0.25) is 0 Å². The molecule has 8 nitrogen and oxygen atoms in total. The first kappa shape index (κ1) is 24.0. The molecule has 0 amide bonds. The van der Waals surface area contributed by atoms with Crippen LogP contribution in [0.4, 0.5) is 5.69 Å². The highest BCUT2D eigenvalue weighted by Crippen LogP contribution is 2.28. The van der Waals surface area contributed by atoms with Gasteiger partial charge in [-0.1, -0.05) is 36.4 Å². The molecule has 0 radical (unpaired) electrons. The topological polar surface area (TPSA) is 128 Å². The molecule has 0 aromatic heterocycles. The van der Waals surface area contributed by atoms with Crippen LogP contribution in [0.3, 0.4) is 0 Å². The first-order valence-corrected chi connectivity index (χ1v) is 10.3. The summed E-state index contributed by atoms with van der Waals surface area (Å²) in [5.41, 5.74) is 3.92. The van der Waals surface area contributed by atoms with Crippen molar-refractivity contribution >= 4 is 17.0 Å². The second-order valence-corrected chi connectivity index (χ2v) is 7.00. The van der Waals surface area contributed by atoms with Crippen LogP contribution in [0.1, 0.15) is 22.3 Å². The number of methoxy groups -OCH3 is 2. The van der Waals surface area contributed by atoms with Crippen LogP contribution in [0, 0.1) is 10.1 Å². The second kappa shape index (κ2) is 11.8. The molecule has 0 aliphatic carbocycles. The minimum atomic E-state index is -2.36. The summed E-state index contributed by atoms with van der Waals surface area (Å²) in [5, 5.41) is 15.6. The molecule has 0 saturated heterocycles. The Labute approximate surface area is 183 Å². The summed E-state index contributed by atoms with van der Waals surface area (Å²) in [7, 11) is 3.24. The zero-order chi connectivity index (χ0) is 22.8. The molecule has 9 heteroatoms. The van der Waals surface area contributed by atoms with E-state index in [-0.39, 0.29) is 10.6 Å². The molecule has 3 aromatic carbocycles. The maximum Gasteiger partial charge on any atom is 0.273 e. The van der Waals surface area contributed by atoms with Crippen LogP contribution in [-0.4, -0.2) is 27.9 Å². The monoisotopic (exact) mass is 443 g/mol. The summed E-state index contributed by atoms with van der Waals surface area (Å²) < 4.78 is 27.9. The van der Waals surface area contributed by atoms with Gasteiger partial charge in [0.25, 0.3) is 5.69 Å². The minimum Gasteiger partial charge on any atom is -0.760 e. The minimum absolute atomic E-state index is 0.150. The predicted molar refractivity (Wildman–Crippen MR) is 118 cm³/mol. The average Bonchev–Trinajstić information content (AvgIpc) is 2.75. The fourth-order valence-electron chi connectivity index (χ4n) is 3.07.